The zero-order chi connectivity index (χ0) is 12.4. The van der Waals surface area contributed by atoms with Crippen molar-refractivity contribution in [3.63, 3.8) is 0 Å². The quantitative estimate of drug-likeness (QED) is 0.791. The van der Waals surface area contributed by atoms with E-state index in [9.17, 15) is 4.39 Å². The van der Waals surface area contributed by atoms with Crippen molar-refractivity contribution in [1.82, 2.24) is 0 Å². The molecule has 0 bridgehead atoms. The maximum atomic E-state index is 13.1. The van der Waals surface area contributed by atoms with E-state index in [1.807, 2.05) is 0 Å². The molecule has 0 atom stereocenters. The fourth-order valence-electron chi connectivity index (χ4n) is 1.39. The summed E-state index contributed by atoms with van der Waals surface area (Å²) in [7, 11) is 0. The van der Waals surface area contributed by atoms with E-state index in [2.05, 4.69) is 5.32 Å². The van der Waals surface area contributed by atoms with Gasteiger partial charge in [-0.15, -0.1) is 0 Å². The Bertz CT molecular complexity index is 558. The van der Waals surface area contributed by atoms with Gasteiger partial charge in [-0.3, -0.25) is 0 Å². The zero-order valence-corrected chi connectivity index (χ0v) is 10.2. The Morgan fingerprint density at radius 3 is 2.47 bits per heavy atom. The number of hydrogen-bond acceptors (Lipinski definition) is 2. The molecule has 2 aromatic rings. The van der Waals surface area contributed by atoms with E-state index in [-0.39, 0.29) is 5.82 Å². The summed E-state index contributed by atoms with van der Waals surface area (Å²) >= 11 is 11.7. The molecule has 0 heterocycles. The molecule has 5 heteroatoms. The number of nitrogens with one attached hydrogen (secondary N) is 1. The molecule has 0 fully saturated rings. The van der Waals surface area contributed by atoms with Gasteiger partial charge in [-0.05, 0) is 36.4 Å². The van der Waals surface area contributed by atoms with Crippen molar-refractivity contribution in [2.45, 2.75) is 0 Å². The van der Waals surface area contributed by atoms with Crippen molar-refractivity contribution in [1.29, 1.82) is 0 Å². The van der Waals surface area contributed by atoms with Crippen LogP contribution in [-0.2, 0) is 0 Å². The predicted octanol–water partition coefficient (Wildman–Crippen LogP) is 4.46. The van der Waals surface area contributed by atoms with E-state index in [4.69, 9.17) is 28.9 Å². The van der Waals surface area contributed by atoms with Crippen LogP contribution in [0.5, 0.6) is 0 Å². The molecule has 2 aromatic carbocycles. The monoisotopic (exact) mass is 270 g/mol. The van der Waals surface area contributed by atoms with Gasteiger partial charge in [0.25, 0.3) is 0 Å². The lowest BCUT2D eigenvalue weighted by Gasteiger charge is -2.11. The lowest BCUT2D eigenvalue weighted by atomic mass is 10.2. The lowest BCUT2D eigenvalue weighted by Crippen LogP contribution is -1.97. The van der Waals surface area contributed by atoms with Crippen LogP contribution in [-0.4, -0.2) is 0 Å². The summed E-state index contributed by atoms with van der Waals surface area (Å²) in [6.07, 6.45) is 0. The molecule has 2 rings (SSSR count). The maximum Gasteiger partial charge on any atom is 0.125 e. The van der Waals surface area contributed by atoms with Crippen molar-refractivity contribution >= 4 is 40.3 Å². The third-order valence-corrected chi connectivity index (χ3v) is 2.78. The van der Waals surface area contributed by atoms with Crippen LogP contribution in [0, 0.1) is 5.82 Å². The van der Waals surface area contributed by atoms with Crippen LogP contribution in [0.1, 0.15) is 0 Å². The summed E-state index contributed by atoms with van der Waals surface area (Å²) in [4.78, 5) is 0. The summed E-state index contributed by atoms with van der Waals surface area (Å²) in [5, 5.41) is 3.91. The molecular formula is C12H9Cl2FN2. The molecule has 0 aliphatic heterocycles. The highest BCUT2D eigenvalue weighted by Gasteiger charge is 2.05. The van der Waals surface area contributed by atoms with Gasteiger partial charge in [0.05, 0.1) is 22.1 Å². The van der Waals surface area contributed by atoms with Gasteiger partial charge >= 0.3 is 0 Å². The van der Waals surface area contributed by atoms with Gasteiger partial charge in [0, 0.05) is 5.02 Å². The highest BCUT2D eigenvalue weighted by atomic mass is 35.5. The van der Waals surface area contributed by atoms with E-state index in [0.717, 1.165) is 0 Å². The van der Waals surface area contributed by atoms with Crippen LogP contribution in [0.3, 0.4) is 0 Å². The van der Waals surface area contributed by atoms with Crippen molar-refractivity contribution in [2.24, 2.45) is 0 Å². The Hall–Kier alpha value is -1.45. The minimum Gasteiger partial charge on any atom is -0.397 e. The summed E-state index contributed by atoms with van der Waals surface area (Å²) in [5.74, 6) is -0.371. The number of hydrogen-bond donors (Lipinski definition) is 2. The molecule has 0 spiro atoms. The number of nitrogen functional groups attached to an aromatic ring is 1. The van der Waals surface area contributed by atoms with Gasteiger partial charge in [0.2, 0.25) is 0 Å². The van der Waals surface area contributed by atoms with Crippen LogP contribution in [0.4, 0.5) is 21.5 Å². The van der Waals surface area contributed by atoms with Gasteiger partial charge < -0.3 is 11.1 Å². The van der Waals surface area contributed by atoms with Crippen molar-refractivity contribution in [3.8, 4) is 0 Å². The first kappa shape index (κ1) is 12.0. The van der Waals surface area contributed by atoms with Gasteiger partial charge in [-0.25, -0.2) is 4.39 Å². The predicted molar refractivity (Wildman–Crippen MR) is 70.6 cm³/mol. The minimum absolute atomic E-state index is 0.371. The van der Waals surface area contributed by atoms with Crippen LogP contribution in [0.2, 0.25) is 10.0 Å². The van der Waals surface area contributed by atoms with Gasteiger partial charge in [0.15, 0.2) is 0 Å². The van der Waals surface area contributed by atoms with Crippen molar-refractivity contribution in [3.05, 3.63) is 52.3 Å². The number of anilines is 3. The topological polar surface area (TPSA) is 38.0 Å². The van der Waals surface area contributed by atoms with Crippen LogP contribution < -0.4 is 11.1 Å². The molecule has 0 amide bonds. The normalized spacial score (nSPS) is 10.3. The van der Waals surface area contributed by atoms with E-state index < -0.39 is 0 Å². The van der Waals surface area contributed by atoms with E-state index in [0.29, 0.717) is 27.1 Å². The third-order valence-electron chi connectivity index (χ3n) is 2.21. The summed E-state index contributed by atoms with van der Waals surface area (Å²) in [6.45, 7) is 0. The molecule has 88 valence electrons. The highest BCUT2D eigenvalue weighted by molar-refractivity contribution is 6.33. The first-order valence-corrected chi connectivity index (χ1v) is 5.59. The lowest BCUT2D eigenvalue weighted by molar-refractivity contribution is 0.628. The Balaban J connectivity index is 2.34. The molecule has 0 unspecified atom stereocenters. The molecule has 3 N–H and O–H groups in total. The molecule has 0 aliphatic carbocycles. The average molecular weight is 271 g/mol. The first-order valence-electron chi connectivity index (χ1n) is 4.83. The molecule has 0 saturated heterocycles. The molecule has 0 aromatic heterocycles. The highest BCUT2D eigenvalue weighted by Crippen LogP contribution is 2.30. The molecule has 17 heavy (non-hydrogen) atoms. The number of rotatable bonds is 2. The Morgan fingerprint density at radius 2 is 1.76 bits per heavy atom. The third kappa shape index (κ3) is 2.81. The molecule has 0 saturated carbocycles. The minimum atomic E-state index is -0.371. The van der Waals surface area contributed by atoms with E-state index >= 15 is 0 Å². The standard InChI is InChI=1S/C12H9Cl2FN2/c13-7-1-4-11(10(16)5-7)17-12-6-8(15)2-3-9(12)14/h1-6,17H,16H2. The zero-order valence-electron chi connectivity index (χ0n) is 8.68. The second-order valence-corrected chi connectivity index (χ2v) is 4.32. The second kappa shape index (κ2) is 4.82. The molecule has 2 nitrogen and oxygen atoms in total. The van der Waals surface area contributed by atoms with Crippen LogP contribution in [0.25, 0.3) is 0 Å². The molecule has 0 aliphatic rings. The number of halogens is 3. The number of benzene rings is 2. The Morgan fingerprint density at radius 1 is 1.00 bits per heavy atom. The average Bonchev–Trinajstić information content (AvgIpc) is 2.27. The Kier molecular flexibility index (Phi) is 3.41. The summed E-state index contributed by atoms with van der Waals surface area (Å²) in [6, 6.07) is 9.07. The summed E-state index contributed by atoms with van der Waals surface area (Å²) < 4.78 is 13.1. The molecule has 0 radical (unpaired) electrons. The van der Waals surface area contributed by atoms with Gasteiger partial charge in [0.1, 0.15) is 5.82 Å². The fourth-order valence-corrected chi connectivity index (χ4v) is 1.73. The molecular weight excluding hydrogens is 262 g/mol. The largest absolute Gasteiger partial charge is 0.397 e. The van der Waals surface area contributed by atoms with Crippen LogP contribution >= 0.6 is 23.2 Å². The number of nitrogens with two attached hydrogens (primary N) is 1. The van der Waals surface area contributed by atoms with E-state index in [1.165, 1.54) is 18.2 Å². The van der Waals surface area contributed by atoms with Crippen molar-refractivity contribution < 1.29 is 4.39 Å². The maximum absolute atomic E-state index is 13.1. The Labute approximate surface area is 108 Å². The van der Waals surface area contributed by atoms with E-state index in [1.54, 1.807) is 18.2 Å². The van der Waals surface area contributed by atoms with Crippen LogP contribution in [0.15, 0.2) is 36.4 Å². The fraction of sp³-hybridized carbons (Fsp3) is 0. The van der Waals surface area contributed by atoms with Crippen molar-refractivity contribution in [2.75, 3.05) is 11.1 Å². The SMILES string of the molecule is Nc1cc(Cl)ccc1Nc1cc(F)ccc1Cl. The smallest absolute Gasteiger partial charge is 0.125 e. The summed E-state index contributed by atoms with van der Waals surface area (Å²) in [5.41, 5.74) is 7.33. The second-order valence-electron chi connectivity index (χ2n) is 3.48. The van der Waals surface area contributed by atoms with Gasteiger partial charge in [-0.1, -0.05) is 23.2 Å². The first-order chi connectivity index (χ1) is 8.06. The van der Waals surface area contributed by atoms with Gasteiger partial charge in [-0.2, -0.15) is 0 Å².